The molecule has 6 heteroatoms. The van der Waals surface area contributed by atoms with Gasteiger partial charge in [-0.25, -0.2) is 4.39 Å². The van der Waals surface area contributed by atoms with Crippen LogP contribution in [0.4, 0.5) is 10.1 Å². The second-order valence-electron chi connectivity index (χ2n) is 3.27. The van der Waals surface area contributed by atoms with Crippen molar-refractivity contribution >= 4 is 28.8 Å². The first-order valence-corrected chi connectivity index (χ1v) is 6.41. The molecule has 0 atom stereocenters. The summed E-state index contributed by atoms with van der Waals surface area (Å²) in [5, 5.41) is 8.83. The van der Waals surface area contributed by atoms with Crippen molar-refractivity contribution in [1.29, 1.82) is 0 Å². The maximum atomic E-state index is 13.0. The Morgan fingerprint density at radius 1 is 1.38 bits per heavy atom. The number of aromatic nitrogens is 2. The van der Waals surface area contributed by atoms with Gasteiger partial charge in [-0.15, -0.1) is 10.2 Å². The van der Waals surface area contributed by atoms with Crippen LogP contribution in [0.5, 0.6) is 0 Å². The molecule has 1 aromatic carbocycles. The average Bonchev–Trinajstić information content (AvgIpc) is 2.60. The first-order chi connectivity index (χ1) is 7.63. The molecule has 2 rings (SSSR count). The van der Waals surface area contributed by atoms with Crippen molar-refractivity contribution in [3.8, 4) is 0 Å². The Morgan fingerprint density at radius 3 is 2.81 bits per heavy atom. The highest BCUT2D eigenvalue weighted by Gasteiger charge is 2.03. The number of nitrogen functional groups attached to an aromatic ring is 1. The molecular formula is C10H10FN3S2. The SMILES string of the molecule is Cc1nnc(SCc2cc(N)cc(F)c2)s1. The van der Waals surface area contributed by atoms with Crippen LogP contribution >= 0.6 is 23.1 Å². The minimum atomic E-state index is -0.302. The molecule has 0 fully saturated rings. The van der Waals surface area contributed by atoms with E-state index in [4.69, 9.17) is 5.73 Å². The first-order valence-electron chi connectivity index (χ1n) is 4.61. The average molecular weight is 255 g/mol. The summed E-state index contributed by atoms with van der Waals surface area (Å²) in [6.07, 6.45) is 0. The Morgan fingerprint density at radius 2 is 2.19 bits per heavy atom. The zero-order valence-electron chi connectivity index (χ0n) is 8.61. The highest BCUT2D eigenvalue weighted by atomic mass is 32.2. The third kappa shape index (κ3) is 2.93. The van der Waals surface area contributed by atoms with E-state index in [-0.39, 0.29) is 5.82 Å². The van der Waals surface area contributed by atoms with Crippen LogP contribution in [0, 0.1) is 12.7 Å². The van der Waals surface area contributed by atoms with E-state index in [9.17, 15) is 4.39 Å². The van der Waals surface area contributed by atoms with Crippen molar-refractivity contribution in [2.75, 3.05) is 5.73 Å². The van der Waals surface area contributed by atoms with Crippen LogP contribution < -0.4 is 5.73 Å². The van der Waals surface area contributed by atoms with Gasteiger partial charge in [0.2, 0.25) is 0 Å². The van der Waals surface area contributed by atoms with Gasteiger partial charge in [-0.2, -0.15) is 0 Å². The monoisotopic (exact) mass is 255 g/mol. The molecule has 0 spiro atoms. The molecule has 0 saturated carbocycles. The number of rotatable bonds is 3. The van der Waals surface area contributed by atoms with Crippen molar-refractivity contribution < 1.29 is 4.39 Å². The Bertz CT molecular complexity index is 478. The molecule has 84 valence electrons. The lowest BCUT2D eigenvalue weighted by atomic mass is 10.2. The maximum Gasteiger partial charge on any atom is 0.174 e. The normalized spacial score (nSPS) is 10.6. The maximum absolute atomic E-state index is 13.0. The Balaban J connectivity index is 2.04. The van der Waals surface area contributed by atoms with Gasteiger partial charge in [0.25, 0.3) is 0 Å². The van der Waals surface area contributed by atoms with Crippen LogP contribution in [0.3, 0.4) is 0 Å². The zero-order valence-corrected chi connectivity index (χ0v) is 10.2. The standard InChI is InChI=1S/C10H10FN3S2/c1-6-13-14-10(16-6)15-5-7-2-8(11)4-9(12)3-7/h2-4H,5,12H2,1H3. The van der Waals surface area contributed by atoms with E-state index >= 15 is 0 Å². The molecule has 0 radical (unpaired) electrons. The van der Waals surface area contributed by atoms with Crippen LogP contribution in [-0.2, 0) is 5.75 Å². The Labute approximate surface area is 101 Å². The topological polar surface area (TPSA) is 51.8 Å². The third-order valence-electron chi connectivity index (χ3n) is 1.85. The van der Waals surface area contributed by atoms with Gasteiger partial charge >= 0.3 is 0 Å². The van der Waals surface area contributed by atoms with E-state index in [1.807, 2.05) is 6.92 Å². The predicted octanol–water partition coefficient (Wildman–Crippen LogP) is 2.86. The van der Waals surface area contributed by atoms with E-state index in [1.165, 1.54) is 35.2 Å². The molecule has 0 bridgehead atoms. The van der Waals surface area contributed by atoms with Crippen LogP contribution in [0.15, 0.2) is 22.5 Å². The van der Waals surface area contributed by atoms with Gasteiger partial charge in [-0.3, -0.25) is 0 Å². The fourth-order valence-electron chi connectivity index (χ4n) is 1.24. The molecule has 0 aliphatic rings. The van der Waals surface area contributed by atoms with E-state index in [2.05, 4.69) is 10.2 Å². The van der Waals surface area contributed by atoms with Gasteiger partial charge in [0.1, 0.15) is 10.8 Å². The minimum Gasteiger partial charge on any atom is -0.399 e. The molecule has 2 N–H and O–H groups in total. The summed E-state index contributed by atoms with van der Waals surface area (Å²) in [6.45, 7) is 1.90. The van der Waals surface area contributed by atoms with Crippen LogP contribution in [0.1, 0.15) is 10.6 Å². The van der Waals surface area contributed by atoms with Gasteiger partial charge in [-0.1, -0.05) is 23.1 Å². The summed E-state index contributed by atoms with van der Waals surface area (Å²) in [4.78, 5) is 0. The number of benzene rings is 1. The molecule has 0 unspecified atom stereocenters. The molecule has 1 heterocycles. The number of hydrogen-bond acceptors (Lipinski definition) is 5. The molecule has 0 saturated heterocycles. The van der Waals surface area contributed by atoms with Crippen molar-refractivity contribution in [2.45, 2.75) is 17.0 Å². The summed E-state index contributed by atoms with van der Waals surface area (Å²) in [5.74, 6) is 0.348. The Hall–Kier alpha value is -1.14. The lowest BCUT2D eigenvalue weighted by molar-refractivity contribution is 0.627. The van der Waals surface area contributed by atoms with Gasteiger partial charge < -0.3 is 5.73 Å². The molecule has 1 aromatic heterocycles. The lowest BCUT2D eigenvalue weighted by Gasteiger charge is -2.01. The smallest absolute Gasteiger partial charge is 0.174 e. The van der Waals surface area contributed by atoms with E-state index in [1.54, 1.807) is 6.07 Å². The van der Waals surface area contributed by atoms with Gasteiger partial charge in [0.15, 0.2) is 4.34 Å². The minimum absolute atomic E-state index is 0.302. The van der Waals surface area contributed by atoms with Gasteiger partial charge in [0.05, 0.1) is 0 Å². The molecule has 16 heavy (non-hydrogen) atoms. The summed E-state index contributed by atoms with van der Waals surface area (Å²) in [5.41, 5.74) is 6.86. The first kappa shape index (κ1) is 11.3. The summed E-state index contributed by atoms with van der Waals surface area (Å²) < 4.78 is 13.9. The quantitative estimate of drug-likeness (QED) is 0.677. The number of anilines is 1. The predicted molar refractivity (Wildman–Crippen MR) is 65.0 cm³/mol. The van der Waals surface area contributed by atoms with E-state index in [0.29, 0.717) is 11.4 Å². The molecule has 0 aliphatic carbocycles. The zero-order chi connectivity index (χ0) is 11.5. The van der Waals surface area contributed by atoms with Crippen LogP contribution in [0.2, 0.25) is 0 Å². The summed E-state index contributed by atoms with van der Waals surface area (Å²) in [6, 6.07) is 4.56. The second-order valence-corrected chi connectivity index (χ2v) is 5.67. The summed E-state index contributed by atoms with van der Waals surface area (Å²) in [7, 11) is 0. The van der Waals surface area contributed by atoms with Crippen LogP contribution in [0.25, 0.3) is 0 Å². The Kier molecular flexibility index (Phi) is 3.40. The molecule has 0 aliphatic heterocycles. The molecular weight excluding hydrogens is 245 g/mol. The molecule has 3 nitrogen and oxygen atoms in total. The lowest BCUT2D eigenvalue weighted by Crippen LogP contribution is -1.90. The van der Waals surface area contributed by atoms with Gasteiger partial charge in [-0.05, 0) is 30.7 Å². The molecule has 0 amide bonds. The largest absolute Gasteiger partial charge is 0.399 e. The van der Waals surface area contributed by atoms with Crippen LogP contribution in [-0.4, -0.2) is 10.2 Å². The number of halogens is 1. The van der Waals surface area contributed by atoms with Crippen molar-refractivity contribution in [1.82, 2.24) is 10.2 Å². The van der Waals surface area contributed by atoms with Crippen molar-refractivity contribution in [3.63, 3.8) is 0 Å². The van der Waals surface area contributed by atoms with Crippen molar-refractivity contribution in [2.24, 2.45) is 0 Å². The number of nitrogens with two attached hydrogens (primary N) is 1. The number of nitrogens with zero attached hydrogens (tertiary/aromatic N) is 2. The second kappa shape index (κ2) is 4.80. The number of thioether (sulfide) groups is 1. The number of aryl methyl sites for hydroxylation is 1. The van der Waals surface area contributed by atoms with E-state index < -0.39 is 0 Å². The number of hydrogen-bond donors (Lipinski definition) is 1. The fourth-order valence-corrected chi connectivity index (χ4v) is 2.99. The van der Waals surface area contributed by atoms with E-state index in [0.717, 1.165) is 14.9 Å². The highest BCUT2D eigenvalue weighted by Crippen LogP contribution is 2.26. The highest BCUT2D eigenvalue weighted by molar-refractivity contribution is 8.00. The fraction of sp³-hybridized carbons (Fsp3) is 0.200. The van der Waals surface area contributed by atoms with Crippen molar-refractivity contribution in [3.05, 3.63) is 34.6 Å². The summed E-state index contributed by atoms with van der Waals surface area (Å²) >= 11 is 3.07. The third-order valence-corrected chi connectivity index (χ3v) is 3.89. The van der Waals surface area contributed by atoms with Gasteiger partial charge in [0, 0.05) is 11.4 Å². The molecule has 2 aromatic rings.